The number of carbonyl (C=O) groups excluding carboxylic acids is 1. The van der Waals surface area contributed by atoms with Crippen LogP contribution in [0.1, 0.15) is 42.1 Å². The van der Waals surface area contributed by atoms with Gasteiger partial charge in [-0.3, -0.25) is 4.79 Å². The Morgan fingerprint density at radius 1 is 1.13 bits per heavy atom. The normalized spacial score (nSPS) is 17.0. The first kappa shape index (κ1) is 17.9. The van der Waals surface area contributed by atoms with Crippen LogP contribution in [0.5, 0.6) is 0 Å². The second-order valence-corrected chi connectivity index (χ2v) is 8.12. The molecule has 5 nitrogen and oxygen atoms in total. The standard InChI is InChI=1S/C17H26N2O3S/c1-3-4-14-23(21,22)19-11-7-10-18(12-13-19)17(20)16-9-6-5-8-15(16)2/h5-6,8-9H,3-4,7,10-14H2,1-2H3. The van der Waals surface area contributed by atoms with Gasteiger partial charge in [0.05, 0.1) is 5.75 Å². The summed E-state index contributed by atoms with van der Waals surface area (Å²) in [7, 11) is -3.20. The molecular weight excluding hydrogens is 312 g/mol. The first-order valence-electron chi connectivity index (χ1n) is 8.28. The molecule has 0 spiro atoms. The number of carbonyl (C=O) groups is 1. The lowest BCUT2D eigenvalue weighted by Gasteiger charge is -2.22. The van der Waals surface area contributed by atoms with Crippen LogP contribution >= 0.6 is 0 Å². The van der Waals surface area contributed by atoms with Gasteiger partial charge in [0, 0.05) is 31.7 Å². The van der Waals surface area contributed by atoms with Crippen LogP contribution in [-0.2, 0) is 10.0 Å². The van der Waals surface area contributed by atoms with Crippen molar-refractivity contribution < 1.29 is 13.2 Å². The van der Waals surface area contributed by atoms with Gasteiger partial charge >= 0.3 is 0 Å². The minimum Gasteiger partial charge on any atom is -0.337 e. The molecule has 0 saturated carbocycles. The topological polar surface area (TPSA) is 57.7 Å². The Balaban J connectivity index is 2.04. The van der Waals surface area contributed by atoms with E-state index in [2.05, 4.69) is 0 Å². The number of unbranched alkanes of at least 4 members (excludes halogenated alkanes) is 1. The van der Waals surface area contributed by atoms with Crippen molar-refractivity contribution in [2.75, 3.05) is 31.9 Å². The summed E-state index contributed by atoms with van der Waals surface area (Å²) < 4.78 is 26.2. The van der Waals surface area contributed by atoms with E-state index in [0.717, 1.165) is 12.0 Å². The predicted octanol–water partition coefficient (Wildman–Crippen LogP) is 2.27. The Kier molecular flexibility index (Phi) is 6.18. The number of amides is 1. The fourth-order valence-corrected chi connectivity index (χ4v) is 4.49. The lowest BCUT2D eigenvalue weighted by molar-refractivity contribution is 0.0763. The highest BCUT2D eigenvalue weighted by Crippen LogP contribution is 2.15. The minimum absolute atomic E-state index is 0.00379. The van der Waals surface area contributed by atoms with Gasteiger partial charge in [-0.05, 0) is 31.4 Å². The van der Waals surface area contributed by atoms with Gasteiger partial charge in [0.25, 0.3) is 5.91 Å². The monoisotopic (exact) mass is 338 g/mol. The SMILES string of the molecule is CCCCS(=O)(=O)N1CCCN(C(=O)c2ccccc2C)CC1. The second-order valence-electron chi connectivity index (χ2n) is 6.03. The summed E-state index contributed by atoms with van der Waals surface area (Å²) in [6.07, 6.45) is 2.23. The zero-order chi connectivity index (χ0) is 16.9. The number of nitrogens with zero attached hydrogens (tertiary/aromatic N) is 2. The van der Waals surface area contributed by atoms with Gasteiger partial charge in [-0.1, -0.05) is 31.5 Å². The third-order valence-electron chi connectivity index (χ3n) is 4.27. The molecule has 1 aliphatic rings. The summed E-state index contributed by atoms with van der Waals surface area (Å²) in [5.74, 6) is 0.200. The molecule has 1 saturated heterocycles. The fourth-order valence-electron chi connectivity index (χ4n) is 2.81. The van der Waals surface area contributed by atoms with Crippen molar-refractivity contribution in [2.24, 2.45) is 0 Å². The smallest absolute Gasteiger partial charge is 0.254 e. The largest absolute Gasteiger partial charge is 0.337 e. The fraction of sp³-hybridized carbons (Fsp3) is 0.588. The first-order valence-corrected chi connectivity index (χ1v) is 9.89. The molecule has 0 aromatic heterocycles. The van der Waals surface area contributed by atoms with Gasteiger partial charge in [-0.2, -0.15) is 0 Å². The molecule has 0 atom stereocenters. The van der Waals surface area contributed by atoms with Gasteiger partial charge in [0.2, 0.25) is 10.0 Å². The number of benzene rings is 1. The summed E-state index contributed by atoms with van der Waals surface area (Å²) >= 11 is 0. The molecule has 128 valence electrons. The van der Waals surface area contributed by atoms with Crippen LogP contribution < -0.4 is 0 Å². The molecule has 1 aromatic carbocycles. The van der Waals surface area contributed by atoms with Crippen molar-refractivity contribution in [3.63, 3.8) is 0 Å². The Morgan fingerprint density at radius 3 is 2.57 bits per heavy atom. The van der Waals surface area contributed by atoms with E-state index >= 15 is 0 Å². The van der Waals surface area contributed by atoms with Crippen molar-refractivity contribution in [3.05, 3.63) is 35.4 Å². The van der Waals surface area contributed by atoms with Crippen molar-refractivity contribution in [2.45, 2.75) is 33.1 Å². The van der Waals surface area contributed by atoms with E-state index in [1.165, 1.54) is 0 Å². The van der Waals surface area contributed by atoms with E-state index in [1.807, 2.05) is 38.1 Å². The van der Waals surface area contributed by atoms with Crippen LogP contribution in [0.3, 0.4) is 0 Å². The van der Waals surface area contributed by atoms with Gasteiger partial charge in [0.15, 0.2) is 0 Å². The average Bonchev–Trinajstić information content (AvgIpc) is 2.79. The number of hydrogen-bond acceptors (Lipinski definition) is 3. The van der Waals surface area contributed by atoms with Crippen molar-refractivity contribution in [1.29, 1.82) is 0 Å². The van der Waals surface area contributed by atoms with E-state index in [0.29, 0.717) is 44.6 Å². The summed E-state index contributed by atoms with van der Waals surface area (Å²) in [5, 5.41) is 0. The molecule has 1 fully saturated rings. The van der Waals surface area contributed by atoms with E-state index in [-0.39, 0.29) is 11.7 Å². The highest BCUT2D eigenvalue weighted by Gasteiger charge is 2.27. The molecule has 1 aromatic rings. The molecule has 23 heavy (non-hydrogen) atoms. The first-order chi connectivity index (χ1) is 11.0. The number of rotatable bonds is 5. The van der Waals surface area contributed by atoms with Crippen LogP contribution in [0.15, 0.2) is 24.3 Å². The van der Waals surface area contributed by atoms with Crippen LogP contribution in [0.2, 0.25) is 0 Å². The predicted molar refractivity (Wildman–Crippen MR) is 92.0 cm³/mol. The van der Waals surface area contributed by atoms with E-state index in [1.54, 1.807) is 9.21 Å². The van der Waals surface area contributed by atoms with Crippen LogP contribution in [0, 0.1) is 6.92 Å². The lowest BCUT2D eigenvalue weighted by Crippen LogP contribution is -2.38. The van der Waals surface area contributed by atoms with E-state index in [4.69, 9.17) is 0 Å². The van der Waals surface area contributed by atoms with Crippen LogP contribution in [0.4, 0.5) is 0 Å². The summed E-state index contributed by atoms with van der Waals surface area (Å²) in [6, 6.07) is 7.53. The maximum Gasteiger partial charge on any atom is 0.254 e. The lowest BCUT2D eigenvalue weighted by atomic mass is 10.1. The second kappa shape index (κ2) is 7.93. The molecule has 0 bridgehead atoms. The van der Waals surface area contributed by atoms with Gasteiger partial charge < -0.3 is 4.90 Å². The minimum atomic E-state index is -3.20. The number of aryl methyl sites for hydroxylation is 1. The summed E-state index contributed by atoms with van der Waals surface area (Å²) in [5.41, 5.74) is 1.66. The van der Waals surface area contributed by atoms with Crippen LogP contribution in [-0.4, -0.2) is 55.5 Å². The zero-order valence-electron chi connectivity index (χ0n) is 14.0. The Hall–Kier alpha value is -1.40. The maximum atomic E-state index is 12.7. The zero-order valence-corrected chi connectivity index (χ0v) is 14.8. The van der Waals surface area contributed by atoms with Crippen LogP contribution in [0.25, 0.3) is 0 Å². The third-order valence-corrected chi connectivity index (χ3v) is 6.22. The number of sulfonamides is 1. The highest BCUT2D eigenvalue weighted by atomic mass is 32.2. The van der Waals surface area contributed by atoms with Crippen molar-refractivity contribution in [3.8, 4) is 0 Å². The molecular formula is C17H26N2O3S. The van der Waals surface area contributed by atoms with Crippen molar-refractivity contribution >= 4 is 15.9 Å². The molecule has 0 aliphatic carbocycles. The molecule has 1 amide bonds. The molecule has 2 rings (SSSR count). The summed E-state index contributed by atoms with van der Waals surface area (Å²) in [6.45, 7) is 5.87. The number of hydrogen-bond donors (Lipinski definition) is 0. The van der Waals surface area contributed by atoms with Crippen molar-refractivity contribution in [1.82, 2.24) is 9.21 Å². The van der Waals surface area contributed by atoms with Gasteiger partial charge in [0.1, 0.15) is 0 Å². The van der Waals surface area contributed by atoms with Gasteiger partial charge in [-0.25, -0.2) is 12.7 Å². The molecule has 1 heterocycles. The Bertz CT molecular complexity index is 643. The average molecular weight is 338 g/mol. The molecule has 1 aliphatic heterocycles. The van der Waals surface area contributed by atoms with E-state index < -0.39 is 10.0 Å². The highest BCUT2D eigenvalue weighted by molar-refractivity contribution is 7.89. The van der Waals surface area contributed by atoms with E-state index in [9.17, 15) is 13.2 Å². The molecule has 0 unspecified atom stereocenters. The molecule has 6 heteroatoms. The molecule has 0 radical (unpaired) electrons. The third kappa shape index (κ3) is 4.54. The van der Waals surface area contributed by atoms with Gasteiger partial charge in [-0.15, -0.1) is 0 Å². The quantitative estimate of drug-likeness (QED) is 0.827. The maximum absolute atomic E-state index is 12.7. The molecule has 0 N–H and O–H groups in total. The Morgan fingerprint density at radius 2 is 1.87 bits per heavy atom. The summed E-state index contributed by atoms with van der Waals surface area (Å²) in [4.78, 5) is 14.4. The Labute approximate surface area is 139 Å².